The van der Waals surface area contributed by atoms with Gasteiger partial charge in [0.1, 0.15) is 18.0 Å². The minimum Gasteiger partial charge on any atom is -0.486 e. The molecule has 2 aromatic heterocycles. The van der Waals surface area contributed by atoms with E-state index in [-0.39, 0.29) is 5.91 Å². The van der Waals surface area contributed by atoms with Crippen molar-refractivity contribution in [3.63, 3.8) is 0 Å². The number of amides is 1. The quantitative estimate of drug-likeness (QED) is 0.672. The molecular formula is C19H21N3O3. The average molecular weight is 339 g/mol. The minimum atomic E-state index is -0.182. The molecule has 1 aromatic carbocycles. The van der Waals surface area contributed by atoms with E-state index in [2.05, 4.69) is 10.3 Å². The Morgan fingerprint density at radius 3 is 2.88 bits per heavy atom. The second kappa shape index (κ2) is 7.81. The van der Waals surface area contributed by atoms with E-state index in [4.69, 9.17) is 9.47 Å². The van der Waals surface area contributed by atoms with Gasteiger partial charge in [0.25, 0.3) is 5.91 Å². The Balaban J connectivity index is 1.72. The molecule has 0 bridgehead atoms. The maximum atomic E-state index is 12.3. The highest BCUT2D eigenvalue weighted by atomic mass is 16.5. The fourth-order valence-electron chi connectivity index (χ4n) is 2.57. The van der Waals surface area contributed by atoms with Gasteiger partial charge in [-0.3, -0.25) is 4.79 Å². The Hall–Kier alpha value is -2.86. The van der Waals surface area contributed by atoms with Gasteiger partial charge in [-0.25, -0.2) is 4.98 Å². The first-order valence-corrected chi connectivity index (χ1v) is 8.11. The summed E-state index contributed by atoms with van der Waals surface area (Å²) in [6.07, 6.45) is 3.89. The molecule has 6 heteroatoms. The van der Waals surface area contributed by atoms with Gasteiger partial charge in [-0.05, 0) is 30.7 Å². The number of para-hydroxylation sites is 1. The average Bonchev–Trinajstić information content (AvgIpc) is 3.05. The number of benzene rings is 1. The molecule has 6 nitrogen and oxygen atoms in total. The van der Waals surface area contributed by atoms with Gasteiger partial charge in [-0.1, -0.05) is 18.2 Å². The van der Waals surface area contributed by atoms with Crippen LogP contribution in [0.3, 0.4) is 0 Å². The van der Waals surface area contributed by atoms with Crippen molar-refractivity contribution in [2.75, 3.05) is 20.3 Å². The van der Waals surface area contributed by atoms with E-state index in [1.54, 1.807) is 19.2 Å². The van der Waals surface area contributed by atoms with Gasteiger partial charge >= 0.3 is 0 Å². The van der Waals surface area contributed by atoms with Gasteiger partial charge in [0.2, 0.25) is 0 Å². The second-order valence-electron chi connectivity index (χ2n) is 5.69. The molecule has 0 aliphatic carbocycles. The van der Waals surface area contributed by atoms with Crippen LogP contribution in [0.15, 0.2) is 48.8 Å². The summed E-state index contributed by atoms with van der Waals surface area (Å²) in [6, 6.07) is 11.2. The number of ether oxygens (including phenoxy) is 2. The van der Waals surface area contributed by atoms with Gasteiger partial charge < -0.3 is 19.2 Å². The largest absolute Gasteiger partial charge is 0.486 e. The number of aryl methyl sites for hydroxylation is 1. The first-order valence-electron chi connectivity index (χ1n) is 8.11. The Kier molecular flexibility index (Phi) is 5.30. The molecule has 1 amide bonds. The third-order valence-corrected chi connectivity index (χ3v) is 3.83. The van der Waals surface area contributed by atoms with Crippen LogP contribution in [0.4, 0.5) is 0 Å². The van der Waals surface area contributed by atoms with Crippen molar-refractivity contribution in [1.82, 2.24) is 14.7 Å². The van der Waals surface area contributed by atoms with Crippen LogP contribution < -0.4 is 10.1 Å². The van der Waals surface area contributed by atoms with E-state index in [0.29, 0.717) is 31.1 Å². The second-order valence-corrected chi connectivity index (χ2v) is 5.69. The number of methoxy groups -OCH3 is 1. The van der Waals surface area contributed by atoms with Crippen LogP contribution in [0.1, 0.15) is 21.6 Å². The maximum absolute atomic E-state index is 12.3. The van der Waals surface area contributed by atoms with E-state index in [1.165, 1.54) is 0 Å². The lowest BCUT2D eigenvalue weighted by Crippen LogP contribution is -2.27. The number of imidazole rings is 1. The summed E-state index contributed by atoms with van der Waals surface area (Å²) in [4.78, 5) is 16.9. The monoisotopic (exact) mass is 339 g/mol. The molecule has 25 heavy (non-hydrogen) atoms. The molecule has 0 fully saturated rings. The highest BCUT2D eigenvalue weighted by Gasteiger charge is 2.12. The number of aromatic nitrogens is 2. The third-order valence-electron chi connectivity index (χ3n) is 3.83. The molecule has 0 unspecified atom stereocenters. The number of carbonyl (C=O) groups is 1. The topological polar surface area (TPSA) is 64.9 Å². The van der Waals surface area contributed by atoms with Crippen molar-refractivity contribution in [3.05, 3.63) is 65.6 Å². The van der Waals surface area contributed by atoms with Gasteiger partial charge in [0, 0.05) is 26.0 Å². The molecule has 0 atom stereocenters. The third kappa shape index (κ3) is 3.97. The zero-order chi connectivity index (χ0) is 17.6. The van der Waals surface area contributed by atoms with Gasteiger partial charge in [-0.15, -0.1) is 0 Å². The standard InChI is InChI=1S/C19H21N3O3/c1-14-6-5-10-22-12-15(21-18(14)22)13-25-17-8-4-3-7-16(17)19(23)20-9-11-24-2/h3-8,10,12H,9,11,13H2,1-2H3,(H,20,23). The summed E-state index contributed by atoms with van der Waals surface area (Å²) >= 11 is 0. The van der Waals surface area contributed by atoms with Crippen molar-refractivity contribution in [1.29, 1.82) is 0 Å². The van der Waals surface area contributed by atoms with Gasteiger partial charge in [-0.2, -0.15) is 0 Å². The van der Waals surface area contributed by atoms with E-state index in [1.807, 2.05) is 48.0 Å². The molecule has 3 rings (SSSR count). The Morgan fingerprint density at radius 2 is 2.08 bits per heavy atom. The minimum absolute atomic E-state index is 0.182. The molecule has 0 saturated heterocycles. The Bertz CT molecular complexity index is 873. The van der Waals surface area contributed by atoms with Crippen molar-refractivity contribution in [2.45, 2.75) is 13.5 Å². The summed E-state index contributed by atoms with van der Waals surface area (Å²) in [5, 5.41) is 2.80. The number of nitrogens with one attached hydrogen (secondary N) is 1. The highest BCUT2D eigenvalue weighted by molar-refractivity contribution is 5.96. The van der Waals surface area contributed by atoms with Gasteiger partial charge in [0.05, 0.1) is 17.9 Å². The van der Waals surface area contributed by atoms with Crippen LogP contribution in [0.5, 0.6) is 5.75 Å². The first kappa shape index (κ1) is 17.0. The van der Waals surface area contributed by atoms with Crippen LogP contribution in [-0.2, 0) is 11.3 Å². The highest BCUT2D eigenvalue weighted by Crippen LogP contribution is 2.19. The number of hydrogen-bond donors (Lipinski definition) is 1. The molecule has 0 radical (unpaired) electrons. The molecule has 130 valence electrons. The zero-order valence-corrected chi connectivity index (χ0v) is 14.4. The molecule has 3 aromatic rings. The molecule has 1 N–H and O–H groups in total. The van der Waals surface area contributed by atoms with Crippen LogP contribution >= 0.6 is 0 Å². The number of carbonyl (C=O) groups excluding carboxylic acids is 1. The van der Waals surface area contributed by atoms with Crippen molar-refractivity contribution >= 4 is 11.6 Å². The van der Waals surface area contributed by atoms with Crippen LogP contribution in [0, 0.1) is 6.92 Å². The van der Waals surface area contributed by atoms with E-state index >= 15 is 0 Å². The SMILES string of the molecule is COCCNC(=O)c1ccccc1OCc1cn2cccc(C)c2n1. The molecule has 0 aliphatic rings. The van der Waals surface area contributed by atoms with E-state index in [0.717, 1.165) is 16.9 Å². The predicted molar refractivity (Wildman–Crippen MR) is 94.9 cm³/mol. The number of nitrogens with zero attached hydrogens (tertiary/aromatic N) is 2. The summed E-state index contributed by atoms with van der Waals surface area (Å²) in [5.41, 5.74) is 3.32. The first-order chi connectivity index (χ1) is 12.2. The number of fused-ring (bicyclic) bond motifs is 1. The number of hydrogen-bond acceptors (Lipinski definition) is 4. The normalized spacial score (nSPS) is 10.8. The van der Waals surface area contributed by atoms with E-state index < -0.39 is 0 Å². The summed E-state index contributed by atoms with van der Waals surface area (Å²) < 4.78 is 12.8. The molecule has 2 heterocycles. The van der Waals surface area contributed by atoms with Crippen molar-refractivity contribution in [3.8, 4) is 5.75 Å². The lowest BCUT2D eigenvalue weighted by atomic mass is 10.2. The summed E-state index contributed by atoms with van der Waals surface area (Å²) in [7, 11) is 1.60. The molecule has 0 spiro atoms. The molecule has 0 saturated carbocycles. The van der Waals surface area contributed by atoms with Gasteiger partial charge in [0.15, 0.2) is 0 Å². The lowest BCUT2D eigenvalue weighted by Gasteiger charge is -2.10. The van der Waals surface area contributed by atoms with Crippen molar-refractivity contribution in [2.24, 2.45) is 0 Å². The van der Waals surface area contributed by atoms with Crippen LogP contribution in [0.25, 0.3) is 5.65 Å². The zero-order valence-electron chi connectivity index (χ0n) is 14.4. The summed E-state index contributed by atoms with van der Waals surface area (Å²) in [6.45, 7) is 3.24. The molecule has 0 aliphatic heterocycles. The fraction of sp³-hybridized carbons (Fsp3) is 0.263. The van der Waals surface area contributed by atoms with Crippen LogP contribution in [0.2, 0.25) is 0 Å². The number of pyridine rings is 1. The smallest absolute Gasteiger partial charge is 0.255 e. The lowest BCUT2D eigenvalue weighted by molar-refractivity contribution is 0.0932. The Labute approximate surface area is 146 Å². The molecular weight excluding hydrogens is 318 g/mol. The van der Waals surface area contributed by atoms with E-state index in [9.17, 15) is 4.79 Å². The Morgan fingerprint density at radius 1 is 1.24 bits per heavy atom. The number of rotatable bonds is 7. The predicted octanol–water partition coefficient (Wildman–Crippen LogP) is 2.60. The van der Waals surface area contributed by atoms with Crippen LogP contribution in [-0.4, -0.2) is 35.6 Å². The summed E-state index contributed by atoms with van der Waals surface area (Å²) in [5.74, 6) is 0.352. The maximum Gasteiger partial charge on any atom is 0.255 e. The fourth-order valence-corrected chi connectivity index (χ4v) is 2.57. The van der Waals surface area contributed by atoms with Crippen molar-refractivity contribution < 1.29 is 14.3 Å².